The van der Waals surface area contributed by atoms with Gasteiger partial charge in [0.05, 0.1) is 11.7 Å². The summed E-state index contributed by atoms with van der Waals surface area (Å²) >= 11 is 1.65. The van der Waals surface area contributed by atoms with Gasteiger partial charge in [0.25, 0.3) is 0 Å². The monoisotopic (exact) mass is 273 g/mol. The van der Waals surface area contributed by atoms with Crippen molar-refractivity contribution in [3.63, 3.8) is 0 Å². The summed E-state index contributed by atoms with van der Waals surface area (Å²) in [4.78, 5) is 24.6. The molecule has 0 spiro atoms. The minimum Gasteiger partial charge on any atom is -0.481 e. The van der Waals surface area contributed by atoms with E-state index in [2.05, 4.69) is 13.8 Å². The highest BCUT2D eigenvalue weighted by molar-refractivity contribution is 7.99. The maximum atomic E-state index is 11.9. The zero-order valence-corrected chi connectivity index (χ0v) is 12.0. The fourth-order valence-corrected chi connectivity index (χ4v) is 3.11. The lowest BCUT2D eigenvalue weighted by Crippen LogP contribution is -2.43. The van der Waals surface area contributed by atoms with Crippen LogP contribution in [0.15, 0.2) is 0 Å². The Morgan fingerprint density at radius 2 is 2.17 bits per heavy atom. The summed E-state index contributed by atoms with van der Waals surface area (Å²) < 4.78 is 0. The Balaban J connectivity index is 2.26. The highest BCUT2D eigenvalue weighted by atomic mass is 32.2. The number of rotatable bonds is 6. The molecule has 1 aliphatic heterocycles. The largest absolute Gasteiger partial charge is 0.481 e. The molecule has 0 aliphatic carbocycles. The van der Waals surface area contributed by atoms with Gasteiger partial charge in [-0.3, -0.25) is 9.59 Å². The number of aliphatic carboxylic acids is 1. The number of nitrogens with zero attached hydrogens (tertiary/aromatic N) is 1. The Labute approximate surface area is 113 Å². The summed E-state index contributed by atoms with van der Waals surface area (Å²) in [5.41, 5.74) is 0. The number of likely N-dealkylation sites (tertiary alicyclic amines) is 1. The lowest BCUT2D eigenvalue weighted by atomic mass is 9.98. The number of hydrogen-bond acceptors (Lipinski definition) is 3. The quantitative estimate of drug-likeness (QED) is 0.753. The molecule has 18 heavy (non-hydrogen) atoms. The Bertz CT molecular complexity index is 294. The van der Waals surface area contributed by atoms with Gasteiger partial charge in [-0.1, -0.05) is 13.8 Å². The number of carbonyl (C=O) groups is 2. The summed E-state index contributed by atoms with van der Waals surface area (Å²) in [5.74, 6) is 1.09. The van der Waals surface area contributed by atoms with Gasteiger partial charge in [0, 0.05) is 13.1 Å². The van der Waals surface area contributed by atoms with Crippen LogP contribution in [0.1, 0.15) is 33.1 Å². The van der Waals surface area contributed by atoms with Crippen molar-refractivity contribution in [2.75, 3.05) is 24.6 Å². The molecule has 0 bridgehead atoms. The fourth-order valence-electron chi connectivity index (χ4n) is 1.98. The first-order valence-corrected chi connectivity index (χ1v) is 7.74. The highest BCUT2D eigenvalue weighted by Crippen LogP contribution is 2.18. The third-order valence-corrected chi connectivity index (χ3v) is 4.16. The highest BCUT2D eigenvalue weighted by Gasteiger charge is 2.27. The van der Waals surface area contributed by atoms with Crippen LogP contribution in [0.4, 0.5) is 0 Å². The molecule has 0 aromatic heterocycles. The van der Waals surface area contributed by atoms with Crippen molar-refractivity contribution < 1.29 is 14.7 Å². The first kappa shape index (κ1) is 15.3. The summed E-state index contributed by atoms with van der Waals surface area (Å²) in [5, 5.41) is 8.97. The van der Waals surface area contributed by atoms with Gasteiger partial charge in [-0.2, -0.15) is 11.8 Å². The van der Waals surface area contributed by atoms with Crippen molar-refractivity contribution >= 4 is 23.6 Å². The van der Waals surface area contributed by atoms with E-state index < -0.39 is 5.97 Å². The van der Waals surface area contributed by atoms with Crippen LogP contribution in [0.2, 0.25) is 0 Å². The van der Waals surface area contributed by atoms with Crippen molar-refractivity contribution in [3.05, 3.63) is 0 Å². The van der Waals surface area contributed by atoms with Gasteiger partial charge in [0.1, 0.15) is 0 Å². The number of carboxylic acids is 1. The van der Waals surface area contributed by atoms with Crippen molar-refractivity contribution in [1.29, 1.82) is 0 Å². The van der Waals surface area contributed by atoms with Crippen molar-refractivity contribution in [1.82, 2.24) is 4.90 Å². The lowest BCUT2D eigenvalue weighted by Gasteiger charge is -2.30. The van der Waals surface area contributed by atoms with Gasteiger partial charge in [0.2, 0.25) is 5.91 Å². The molecule has 1 atom stereocenters. The van der Waals surface area contributed by atoms with Crippen molar-refractivity contribution in [2.24, 2.45) is 11.8 Å². The van der Waals surface area contributed by atoms with E-state index in [1.54, 1.807) is 16.7 Å². The molecular formula is C13H23NO3S. The first-order chi connectivity index (χ1) is 8.50. The number of amides is 1. The molecule has 0 saturated carbocycles. The Morgan fingerprint density at radius 1 is 1.44 bits per heavy atom. The van der Waals surface area contributed by atoms with Crippen molar-refractivity contribution in [3.8, 4) is 0 Å². The van der Waals surface area contributed by atoms with E-state index in [0.717, 1.165) is 18.6 Å². The standard InChI is InChI=1S/C13H23NO3S/c1-10(2)5-7-18-9-12(15)14-6-3-4-11(8-14)13(16)17/h10-11H,3-9H2,1-2H3,(H,16,17). The van der Waals surface area contributed by atoms with Crippen LogP contribution in [-0.4, -0.2) is 46.5 Å². The number of thioether (sulfide) groups is 1. The van der Waals surface area contributed by atoms with Crippen molar-refractivity contribution in [2.45, 2.75) is 33.1 Å². The van der Waals surface area contributed by atoms with Crippen LogP contribution < -0.4 is 0 Å². The second kappa shape index (κ2) is 7.67. The van der Waals surface area contributed by atoms with E-state index in [4.69, 9.17) is 5.11 Å². The molecule has 1 N–H and O–H groups in total. The van der Waals surface area contributed by atoms with Crippen LogP contribution >= 0.6 is 11.8 Å². The molecule has 5 heteroatoms. The third kappa shape index (κ3) is 5.29. The minimum atomic E-state index is -0.778. The molecule has 1 saturated heterocycles. The molecule has 1 rings (SSSR count). The van der Waals surface area contributed by atoms with Crippen LogP contribution in [0, 0.1) is 11.8 Å². The molecule has 104 valence electrons. The SMILES string of the molecule is CC(C)CCSCC(=O)N1CCCC(C(=O)O)C1. The number of carbonyl (C=O) groups excluding carboxylic acids is 1. The summed E-state index contributed by atoms with van der Waals surface area (Å²) in [6, 6.07) is 0. The molecule has 0 radical (unpaired) electrons. The Hall–Kier alpha value is -0.710. The van der Waals surface area contributed by atoms with E-state index in [1.807, 2.05) is 0 Å². The summed E-state index contributed by atoms with van der Waals surface area (Å²) in [6.45, 7) is 5.45. The van der Waals surface area contributed by atoms with Crippen LogP contribution in [0.25, 0.3) is 0 Å². The molecule has 1 heterocycles. The Kier molecular flexibility index (Phi) is 6.54. The van der Waals surface area contributed by atoms with Gasteiger partial charge in [0.15, 0.2) is 0 Å². The molecule has 4 nitrogen and oxygen atoms in total. The second-order valence-corrected chi connectivity index (χ2v) is 6.36. The first-order valence-electron chi connectivity index (χ1n) is 6.59. The number of hydrogen-bond donors (Lipinski definition) is 1. The minimum absolute atomic E-state index is 0.0923. The maximum Gasteiger partial charge on any atom is 0.308 e. The van der Waals surface area contributed by atoms with E-state index in [-0.39, 0.29) is 11.8 Å². The number of piperidine rings is 1. The zero-order valence-electron chi connectivity index (χ0n) is 11.2. The van der Waals surface area contributed by atoms with Gasteiger partial charge in [-0.15, -0.1) is 0 Å². The fraction of sp³-hybridized carbons (Fsp3) is 0.846. The van der Waals surface area contributed by atoms with Gasteiger partial charge in [-0.05, 0) is 30.9 Å². The second-order valence-electron chi connectivity index (χ2n) is 5.25. The maximum absolute atomic E-state index is 11.9. The molecule has 1 fully saturated rings. The van der Waals surface area contributed by atoms with E-state index in [0.29, 0.717) is 31.2 Å². The average molecular weight is 273 g/mol. The molecular weight excluding hydrogens is 250 g/mol. The smallest absolute Gasteiger partial charge is 0.308 e. The molecule has 1 unspecified atom stereocenters. The van der Waals surface area contributed by atoms with Gasteiger partial charge in [-0.25, -0.2) is 0 Å². The molecule has 0 aromatic carbocycles. The zero-order chi connectivity index (χ0) is 13.5. The third-order valence-electron chi connectivity index (χ3n) is 3.19. The lowest BCUT2D eigenvalue weighted by molar-refractivity contribution is -0.145. The molecule has 1 aliphatic rings. The van der Waals surface area contributed by atoms with Crippen LogP contribution in [0.5, 0.6) is 0 Å². The van der Waals surface area contributed by atoms with E-state index in [1.165, 1.54) is 0 Å². The van der Waals surface area contributed by atoms with E-state index in [9.17, 15) is 9.59 Å². The molecule has 0 aromatic rings. The number of carboxylic acid groups (broad SMARTS) is 1. The Morgan fingerprint density at radius 3 is 2.78 bits per heavy atom. The summed E-state index contributed by atoms with van der Waals surface area (Å²) in [7, 11) is 0. The van der Waals surface area contributed by atoms with Crippen LogP contribution in [0.3, 0.4) is 0 Å². The van der Waals surface area contributed by atoms with E-state index >= 15 is 0 Å². The van der Waals surface area contributed by atoms with Gasteiger partial charge < -0.3 is 10.0 Å². The molecule has 1 amide bonds. The normalized spacial score (nSPS) is 20.2. The van der Waals surface area contributed by atoms with Gasteiger partial charge >= 0.3 is 5.97 Å². The predicted molar refractivity (Wildman–Crippen MR) is 73.7 cm³/mol. The predicted octanol–water partition coefficient (Wildman–Crippen LogP) is 2.09. The average Bonchev–Trinajstić information content (AvgIpc) is 2.34. The van der Waals surface area contributed by atoms with Crippen LogP contribution in [-0.2, 0) is 9.59 Å². The summed E-state index contributed by atoms with van der Waals surface area (Å²) in [6.07, 6.45) is 2.62. The topological polar surface area (TPSA) is 57.6 Å².